The van der Waals surface area contributed by atoms with E-state index in [9.17, 15) is 46.1 Å². The van der Waals surface area contributed by atoms with Gasteiger partial charge in [0.2, 0.25) is 15.9 Å². The van der Waals surface area contributed by atoms with Crippen LogP contribution in [0, 0.1) is 10.1 Å². The fraction of sp³-hybridized carbons (Fsp3) is 0.324. The first-order valence-corrected chi connectivity index (χ1v) is 16.8. The zero-order valence-corrected chi connectivity index (χ0v) is 28.9. The van der Waals surface area contributed by atoms with E-state index in [0.717, 1.165) is 55.3 Å². The van der Waals surface area contributed by atoms with E-state index in [-0.39, 0.29) is 23.5 Å². The van der Waals surface area contributed by atoms with Crippen molar-refractivity contribution in [1.29, 1.82) is 0 Å². The Hall–Kier alpha value is -5.29. The fourth-order valence-corrected chi connectivity index (χ4v) is 6.15. The predicted octanol–water partition coefficient (Wildman–Crippen LogP) is 5.16. The third-order valence-electron chi connectivity index (χ3n) is 6.95. The highest BCUT2D eigenvalue weighted by Gasteiger charge is 2.40. The molecule has 3 aromatic carbocycles. The van der Waals surface area contributed by atoms with E-state index in [1.807, 2.05) is 5.32 Å². The fourth-order valence-electron chi connectivity index (χ4n) is 4.47. The second kappa shape index (κ2) is 20.4. The highest BCUT2D eigenvalue weighted by Crippen LogP contribution is 2.25. The number of halogens is 3. The Labute approximate surface area is 293 Å². The minimum Gasteiger partial charge on any atom is -0.468 e. The summed E-state index contributed by atoms with van der Waals surface area (Å²) < 4.78 is 76.5. The maximum absolute atomic E-state index is 13.5. The highest BCUT2D eigenvalue weighted by atomic mass is 32.2. The number of nitrogens with zero attached hydrogens (tertiary/aromatic N) is 2. The molecule has 2 amide bonds. The highest BCUT2D eigenvalue weighted by molar-refractivity contribution is 7.89. The Bertz CT molecular complexity index is 1670. The van der Waals surface area contributed by atoms with E-state index in [4.69, 9.17) is 0 Å². The van der Waals surface area contributed by atoms with E-state index in [1.165, 1.54) is 11.1 Å². The number of benzene rings is 3. The number of ether oxygens (including phenoxy) is 2. The van der Waals surface area contributed by atoms with Crippen molar-refractivity contribution in [2.24, 2.45) is 0 Å². The number of alkyl carbamates (subject to hydrolysis) is 1. The van der Waals surface area contributed by atoms with Gasteiger partial charge in [-0.15, -0.1) is 0 Å². The summed E-state index contributed by atoms with van der Waals surface area (Å²) in [6.45, 7) is 0.557. The SMILES string of the molecule is CCCN(C(C/C=C/[C@@H](NC(=O)CNC(=O)OC)C(F)(F)F)C(=O)OC)S(=O)(=O)c1ccc([N+](=O)[O-])cc1.c1ccc(Cc2ccccc2)cc1. The zero-order valence-electron chi connectivity index (χ0n) is 28.0. The van der Waals surface area contributed by atoms with E-state index in [0.29, 0.717) is 6.08 Å². The Morgan fingerprint density at radius 1 is 0.922 bits per heavy atom. The number of nitro groups is 1. The van der Waals surface area contributed by atoms with Crippen molar-refractivity contribution in [2.45, 2.75) is 49.3 Å². The molecule has 3 rings (SSSR count). The number of hydrogen-bond acceptors (Lipinski definition) is 9. The number of sulfonamides is 1. The number of carbonyl (C=O) groups is 3. The molecule has 0 aromatic heterocycles. The van der Waals surface area contributed by atoms with Gasteiger partial charge in [0.25, 0.3) is 5.69 Å². The van der Waals surface area contributed by atoms with Crippen LogP contribution in [-0.4, -0.2) is 81.2 Å². The van der Waals surface area contributed by atoms with Gasteiger partial charge in [-0.3, -0.25) is 19.7 Å². The number of methoxy groups -OCH3 is 2. The quantitative estimate of drug-likeness (QED) is 0.0924. The number of esters is 1. The summed E-state index contributed by atoms with van der Waals surface area (Å²) in [5, 5.41) is 14.4. The van der Waals surface area contributed by atoms with Gasteiger partial charge in [-0.2, -0.15) is 17.5 Å². The molecule has 0 aliphatic rings. The molecule has 51 heavy (non-hydrogen) atoms. The van der Waals surface area contributed by atoms with Crippen LogP contribution < -0.4 is 10.6 Å². The summed E-state index contributed by atoms with van der Waals surface area (Å²) in [7, 11) is -2.48. The molecule has 0 saturated carbocycles. The van der Waals surface area contributed by atoms with Crippen molar-refractivity contribution >= 4 is 33.7 Å². The number of rotatable bonds is 15. The lowest BCUT2D eigenvalue weighted by Crippen LogP contribution is -2.48. The molecule has 2 atom stereocenters. The third-order valence-corrected chi connectivity index (χ3v) is 8.87. The minimum atomic E-state index is -4.97. The summed E-state index contributed by atoms with van der Waals surface area (Å²) in [5.41, 5.74) is 2.36. The van der Waals surface area contributed by atoms with Crippen molar-refractivity contribution in [3.8, 4) is 0 Å². The first kappa shape index (κ1) is 41.9. The number of nitrogens with one attached hydrogen (secondary N) is 2. The second-order valence-electron chi connectivity index (χ2n) is 10.6. The average molecular weight is 737 g/mol. The Balaban J connectivity index is 0.000000571. The Morgan fingerprint density at radius 2 is 1.47 bits per heavy atom. The van der Waals surface area contributed by atoms with Crippen molar-refractivity contribution in [3.63, 3.8) is 0 Å². The van der Waals surface area contributed by atoms with Crippen LogP contribution >= 0.6 is 0 Å². The van der Waals surface area contributed by atoms with Crippen LogP contribution in [0.25, 0.3) is 0 Å². The number of carbonyl (C=O) groups excluding carboxylic acids is 3. The molecule has 0 aliphatic heterocycles. The van der Waals surface area contributed by atoms with Crippen molar-refractivity contribution in [1.82, 2.24) is 14.9 Å². The molecule has 3 aromatic rings. The summed E-state index contributed by atoms with van der Waals surface area (Å²) >= 11 is 0. The minimum absolute atomic E-state index is 0.206. The molecular formula is C34H39F3N4O9S. The summed E-state index contributed by atoms with van der Waals surface area (Å²) in [4.78, 5) is 45.0. The van der Waals surface area contributed by atoms with E-state index in [1.54, 1.807) is 12.2 Å². The second-order valence-corrected chi connectivity index (χ2v) is 12.5. The molecule has 0 radical (unpaired) electrons. The van der Waals surface area contributed by atoms with Crippen molar-refractivity contribution in [2.75, 3.05) is 27.3 Å². The topological polar surface area (TPSA) is 174 Å². The molecule has 0 heterocycles. The van der Waals surface area contributed by atoms with Gasteiger partial charge in [0, 0.05) is 18.7 Å². The standard InChI is InChI=1S/C21H27F3N4O9S.C13H12/c1-4-12-27(38(34,35)15-10-8-14(9-11-15)28(32)33)16(19(30)36-2)6-5-7-17(21(22,23)24)26-18(29)13-25-20(31)37-3;1-3-7-12(8-4-1)11-13-9-5-2-6-10-13/h5,7-11,16-17H,4,6,12-13H2,1-3H3,(H,25,31)(H,26,29);1-10H,11H2/b7-5+;/t16?,17-;/m1./s1. The number of nitro benzene ring substituents is 1. The van der Waals surface area contributed by atoms with Gasteiger partial charge in [0.05, 0.1) is 24.0 Å². The van der Waals surface area contributed by atoms with Crippen LogP contribution in [-0.2, 0) is 35.5 Å². The lowest BCUT2D eigenvalue weighted by molar-refractivity contribution is -0.384. The lowest BCUT2D eigenvalue weighted by atomic mass is 10.1. The summed E-state index contributed by atoms with van der Waals surface area (Å²) in [6, 6.07) is 20.8. The molecule has 1 unspecified atom stereocenters. The van der Waals surface area contributed by atoms with Crippen LogP contribution in [0.1, 0.15) is 30.9 Å². The van der Waals surface area contributed by atoms with Crippen LogP contribution in [0.4, 0.5) is 23.7 Å². The van der Waals surface area contributed by atoms with Gasteiger partial charge < -0.3 is 20.1 Å². The molecule has 276 valence electrons. The number of hydrogen-bond donors (Lipinski definition) is 2. The van der Waals surface area contributed by atoms with Crippen molar-refractivity contribution in [3.05, 3.63) is 118 Å². The molecule has 0 fully saturated rings. The van der Waals surface area contributed by atoms with Crippen LogP contribution in [0.3, 0.4) is 0 Å². The van der Waals surface area contributed by atoms with E-state index >= 15 is 0 Å². The number of alkyl halides is 3. The number of non-ortho nitro benzene ring substituents is 1. The molecule has 13 nitrogen and oxygen atoms in total. The third kappa shape index (κ3) is 13.9. The van der Waals surface area contributed by atoms with Gasteiger partial charge in [-0.05, 0) is 42.5 Å². The first-order valence-electron chi connectivity index (χ1n) is 15.4. The van der Waals surface area contributed by atoms with Crippen molar-refractivity contribution < 1.29 is 50.4 Å². The molecule has 2 N–H and O–H groups in total. The number of amides is 2. The predicted molar refractivity (Wildman–Crippen MR) is 181 cm³/mol. The lowest BCUT2D eigenvalue weighted by Gasteiger charge is -2.28. The molecule has 0 saturated heterocycles. The van der Waals surface area contributed by atoms with Gasteiger partial charge in [0.1, 0.15) is 18.6 Å². The van der Waals surface area contributed by atoms with Crippen LogP contribution in [0.5, 0.6) is 0 Å². The summed E-state index contributed by atoms with van der Waals surface area (Å²) in [5.74, 6) is -2.26. The average Bonchev–Trinajstić information content (AvgIpc) is 3.11. The Kier molecular flexibility index (Phi) is 16.8. The molecule has 17 heteroatoms. The maximum atomic E-state index is 13.5. The van der Waals surface area contributed by atoms with Gasteiger partial charge in [0.15, 0.2) is 0 Å². The largest absolute Gasteiger partial charge is 0.468 e. The van der Waals surface area contributed by atoms with Crippen LogP contribution in [0.15, 0.2) is 102 Å². The van der Waals surface area contributed by atoms with Gasteiger partial charge >= 0.3 is 18.2 Å². The maximum Gasteiger partial charge on any atom is 0.412 e. The van der Waals surface area contributed by atoms with Crippen LogP contribution in [0.2, 0.25) is 0 Å². The zero-order chi connectivity index (χ0) is 38.0. The monoisotopic (exact) mass is 736 g/mol. The normalized spacial score (nSPS) is 12.6. The van der Waals surface area contributed by atoms with Gasteiger partial charge in [-0.25, -0.2) is 13.2 Å². The summed E-state index contributed by atoms with van der Waals surface area (Å²) in [6.07, 6.45) is -3.95. The molecule has 0 spiro atoms. The van der Waals surface area contributed by atoms with Gasteiger partial charge in [-0.1, -0.05) is 79.7 Å². The molecule has 0 bridgehead atoms. The molecule has 0 aliphatic carbocycles. The molecular weight excluding hydrogens is 697 g/mol. The van der Waals surface area contributed by atoms with E-state index < -0.39 is 64.1 Å². The first-order chi connectivity index (χ1) is 24.1. The Morgan fingerprint density at radius 3 is 1.92 bits per heavy atom. The van der Waals surface area contributed by atoms with E-state index in [2.05, 4.69) is 70.1 Å². The smallest absolute Gasteiger partial charge is 0.412 e.